The number of aromatic nitrogens is 1. The predicted octanol–water partition coefficient (Wildman–Crippen LogP) is 1.23. The summed E-state index contributed by atoms with van der Waals surface area (Å²) in [6.07, 6.45) is 2.90. The maximum absolute atomic E-state index is 11.7. The molecule has 1 aliphatic rings. The van der Waals surface area contributed by atoms with Crippen molar-refractivity contribution in [1.82, 2.24) is 4.98 Å². The Morgan fingerprint density at radius 3 is 2.55 bits per heavy atom. The van der Waals surface area contributed by atoms with Crippen molar-refractivity contribution in [3.63, 3.8) is 0 Å². The fraction of sp³-hybridized carbons (Fsp3) is 0.400. The van der Waals surface area contributed by atoms with Crippen molar-refractivity contribution >= 4 is 26.6 Å². The molecule has 1 aliphatic heterocycles. The monoisotopic (exact) mass is 321 g/mol. The maximum atomic E-state index is 11.7. The molecule has 2 heterocycles. The number of fused-ring (bicyclic) bond motifs is 1. The van der Waals surface area contributed by atoms with E-state index < -0.39 is 15.6 Å². The van der Waals surface area contributed by atoms with E-state index in [9.17, 15) is 13.5 Å². The molecule has 3 N–H and O–H groups in total. The summed E-state index contributed by atoms with van der Waals surface area (Å²) in [6, 6.07) is 6.69. The van der Waals surface area contributed by atoms with Crippen molar-refractivity contribution in [3.8, 4) is 0 Å². The van der Waals surface area contributed by atoms with Crippen molar-refractivity contribution in [2.45, 2.75) is 30.3 Å². The molecular formula is C15H19N3O3S. The van der Waals surface area contributed by atoms with Gasteiger partial charge in [0.05, 0.1) is 10.5 Å². The molecule has 118 valence electrons. The summed E-state index contributed by atoms with van der Waals surface area (Å²) in [5, 5.41) is 16.7. The van der Waals surface area contributed by atoms with Gasteiger partial charge in [-0.25, -0.2) is 18.5 Å². The van der Waals surface area contributed by atoms with Gasteiger partial charge < -0.3 is 10.0 Å². The predicted molar refractivity (Wildman–Crippen MR) is 85.2 cm³/mol. The molecule has 1 aromatic heterocycles. The van der Waals surface area contributed by atoms with Crippen LogP contribution in [-0.2, 0) is 10.0 Å². The molecule has 1 aromatic carbocycles. The number of rotatable bonds is 2. The van der Waals surface area contributed by atoms with E-state index in [0.717, 1.165) is 11.2 Å². The summed E-state index contributed by atoms with van der Waals surface area (Å²) in [7, 11) is -3.78. The zero-order valence-corrected chi connectivity index (χ0v) is 13.2. The molecule has 0 spiro atoms. The topological polar surface area (TPSA) is 96.5 Å². The van der Waals surface area contributed by atoms with E-state index in [0.29, 0.717) is 31.3 Å². The van der Waals surface area contributed by atoms with Gasteiger partial charge in [-0.05, 0) is 31.9 Å². The molecule has 3 rings (SSSR count). The van der Waals surface area contributed by atoms with E-state index in [4.69, 9.17) is 5.14 Å². The van der Waals surface area contributed by atoms with E-state index in [1.54, 1.807) is 18.3 Å². The average Bonchev–Trinajstić information content (AvgIpc) is 2.45. The molecule has 0 radical (unpaired) electrons. The molecule has 0 saturated carbocycles. The van der Waals surface area contributed by atoms with Crippen molar-refractivity contribution in [1.29, 1.82) is 0 Å². The zero-order chi connectivity index (χ0) is 16.0. The second-order valence-corrected chi connectivity index (χ2v) is 7.54. The van der Waals surface area contributed by atoms with Gasteiger partial charge in [-0.3, -0.25) is 0 Å². The second-order valence-electron chi connectivity index (χ2n) is 6.01. The smallest absolute Gasteiger partial charge is 0.238 e. The van der Waals surface area contributed by atoms with Crippen LogP contribution < -0.4 is 10.0 Å². The molecule has 22 heavy (non-hydrogen) atoms. The molecule has 7 heteroatoms. The highest BCUT2D eigenvalue weighted by Crippen LogP contribution is 2.31. The highest BCUT2D eigenvalue weighted by atomic mass is 32.2. The number of nitrogens with zero attached hydrogens (tertiary/aromatic N) is 2. The molecule has 2 aromatic rings. The molecule has 0 amide bonds. The number of primary sulfonamides is 1. The first-order valence-electron chi connectivity index (χ1n) is 7.16. The van der Waals surface area contributed by atoms with E-state index in [-0.39, 0.29) is 4.90 Å². The summed E-state index contributed by atoms with van der Waals surface area (Å²) < 4.78 is 23.5. The van der Waals surface area contributed by atoms with E-state index in [1.807, 2.05) is 13.0 Å². The molecule has 6 nitrogen and oxygen atoms in total. The summed E-state index contributed by atoms with van der Waals surface area (Å²) in [4.78, 5) is 6.60. The fourth-order valence-electron chi connectivity index (χ4n) is 2.86. The van der Waals surface area contributed by atoms with Crippen LogP contribution in [0.1, 0.15) is 19.8 Å². The molecule has 0 atom stereocenters. The van der Waals surface area contributed by atoms with Gasteiger partial charge >= 0.3 is 0 Å². The Balaban J connectivity index is 2.09. The number of piperidine rings is 1. The van der Waals surface area contributed by atoms with Gasteiger partial charge in [-0.15, -0.1) is 0 Å². The minimum Gasteiger partial charge on any atom is -0.390 e. The molecular weight excluding hydrogens is 302 g/mol. The second kappa shape index (κ2) is 5.19. The highest BCUT2D eigenvalue weighted by molar-refractivity contribution is 7.89. The Hall–Kier alpha value is -1.70. The van der Waals surface area contributed by atoms with Crippen molar-refractivity contribution in [2.24, 2.45) is 5.14 Å². The van der Waals surface area contributed by atoms with Gasteiger partial charge in [0.15, 0.2) is 0 Å². The number of hydrogen-bond acceptors (Lipinski definition) is 5. The van der Waals surface area contributed by atoms with E-state index in [2.05, 4.69) is 9.88 Å². The first kappa shape index (κ1) is 15.2. The fourth-order valence-corrected chi connectivity index (χ4v) is 3.62. The van der Waals surface area contributed by atoms with Gasteiger partial charge in [0.25, 0.3) is 0 Å². The average molecular weight is 321 g/mol. The summed E-state index contributed by atoms with van der Waals surface area (Å²) >= 11 is 0. The van der Waals surface area contributed by atoms with Gasteiger partial charge in [-0.1, -0.05) is 12.1 Å². The minimum atomic E-state index is -3.78. The van der Waals surface area contributed by atoms with Crippen LogP contribution in [0.4, 0.5) is 5.82 Å². The Morgan fingerprint density at radius 2 is 1.91 bits per heavy atom. The largest absolute Gasteiger partial charge is 0.390 e. The Bertz CT molecular complexity index is 808. The van der Waals surface area contributed by atoms with Gasteiger partial charge in [0.2, 0.25) is 10.0 Å². The van der Waals surface area contributed by atoms with Crippen LogP contribution in [0, 0.1) is 0 Å². The number of anilines is 1. The van der Waals surface area contributed by atoms with Crippen molar-refractivity contribution in [3.05, 3.63) is 30.5 Å². The number of benzene rings is 1. The lowest BCUT2D eigenvalue weighted by Gasteiger charge is -2.36. The Kier molecular flexibility index (Phi) is 3.58. The molecule has 1 fully saturated rings. The van der Waals surface area contributed by atoms with Crippen molar-refractivity contribution in [2.75, 3.05) is 18.0 Å². The van der Waals surface area contributed by atoms with Crippen LogP contribution in [0.2, 0.25) is 0 Å². The minimum absolute atomic E-state index is 0.109. The van der Waals surface area contributed by atoms with Gasteiger partial charge in [0, 0.05) is 30.1 Å². The van der Waals surface area contributed by atoms with Crippen LogP contribution in [0.15, 0.2) is 35.4 Å². The summed E-state index contributed by atoms with van der Waals surface area (Å²) in [6.45, 7) is 3.19. The highest BCUT2D eigenvalue weighted by Gasteiger charge is 2.28. The lowest BCUT2D eigenvalue weighted by Crippen LogP contribution is -2.42. The lowest BCUT2D eigenvalue weighted by molar-refractivity contribution is 0.0350. The third-order valence-corrected chi connectivity index (χ3v) is 5.16. The first-order chi connectivity index (χ1) is 10.3. The van der Waals surface area contributed by atoms with E-state index >= 15 is 0 Å². The SMILES string of the molecule is CC1(O)CCN(c2nccc3c(S(N)(=O)=O)cccc23)CC1. The normalized spacial score (nSPS) is 18.6. The Morgan fingerprint density at radius 1 is 1.23 bits per heavy atom. The first-order valence-corrected chi connectivity index (χ1v) is 8.70. The van der Waals surface area contributed by atoms with Crippen LogP contribution >= 0.6 is 0 Å². The number of nitrogens with two attached hydrogens (primary N) is 1. The van der Waals surface area contributed by atoms with Crippen LogP contribution in [0.3, 0.4) is 0 Å². The quantitative estimate of drug-likeness (QED) is 0.867. The molecule has 1 saturated heterocycles. The number of aliphatic hydroxyl groups is 1. The van der Waals surface area contributed by atoms with Gasteiger partial charge in [0.1, 0.15) is 5.82 Å². The lowest BCUT2D eigenvalue weighted by atomic mass is 9.93. The summed E-state index contributed by atoms with van der Waals surface area (Å²) in [5.74, 6) is 0.735. The molecule has 0 unspecified atom stereocenters. The van der Waals surface area contributed by atoms with Gasteiger partial charge in [-0.2, -0.15) is 0 Å². The molecule has 0 bridgehead atoms. The number of hydrogen-bond donors (Lipinski definition) is 2. The Labute approximate surface area is 129 Å². The van der Waals surface area contributed by atoms with Crippen LogP contribution in [0.25, 0.3) is 10.8 Å². The third-order valence-electron chi connectivity index (χ3n) is 4.19. The number of sulfonamides is 1. The third kappa shape index (κ3) is 2.79. The summed E-state index contributed by atoms with van der Waals surface area (Å²) in [5.41, 5.74) is -0.646. The van der Waals surface area contributed by atoms with Crippen LogP contribution in [-0.4, -0.2) is 37.2 Å². The van der Waals surface area contributed by atoms with Crippen molar-refractivity contribution < 1.29 is 13.5 Å². The number of pyridine rings is 1. The standard InChI is InChI=1S/C15H19N3O3S/c1-15(19)6-9-18(10-7-15)14-12-3-2-4-13(22(16,20)21)11(12)5-8-17-14/h2-5,8,19H,6-7,9-10H2,1H3,(H2,16,20,21). The molecule has 0 aliphatic carbocycles. The van der Waals surface area contributed by atoms with E-state index in [1.165, 1.54) is 6.07 Å². The maximum Gasteiger partial charge on any atom is 0.238 e. The van der Waals surface area contributed by atoms with Crippen LogP contribution in [0.5, 0.6) is 0 Å². The zero-order valence-electron chi connectivity index (χ0n) is 12.4.